The van der Waals surface area contributed by atoms with Crippen LogP contribution in [0.4, 0.5) is 17.1 Å². The molecule has 8 aromatic carbocycles. The molecular weight excluding hydrogens is 581 g/mol. The van der Waals surface area contributed by atoms with Crippen LogP contribution in [-0.2, 0) is 0 Å². The Kier molecular flexibility index (Phi) is 2.53. The summed E-state index contributed by atoms with van der Waals surface area (Å²) in [4.78, 5) is 0.290. The minimum absolute atomic E-state index is 0.290. The monoisotopic (exact) mass is 644 g/mol. The lowest BCUT2D eigenvalue weighted by Gasteiger charge is -2.26. The Labute approximate surface area is 325 Å². The fourth-order valence-electron chi connectivity index (χ4n) is 5.01. The summed E-state index contributed by atoms with van der Waals surface area (Å²) in [5, 5.41) is -2.99. The summed E-state index contributed by atoms with van der Waals surface area (Å²) in [5.41, 5.74) is -9.52. The lowest BCUT2D eigenvalue weighted by Crippen LogP contribution is -2.10. The van der Waals surface area contributed by atoms with E-state index in [1.54, 1.807) is 0 Å². The number of hydrogen-bond acceptors (Lipinski definition) is 1. The molecule has 1 aromatic heterocycles. The van der Waals surface area contributed by atoms with Crippen LogP contribution < -0.4 is 4.90 Å². The van der Waals surface area contributed by atoms with Crippen LogP contribution in [0, 0.1) is 0 Å². The van der Waals surface area contributed by atoms with Crippen molar-refractivity contribution in [3.05, 3.63) is 193 Å². The summed E-state index contributed by atoms with van der Waals surface area (Å²) < 4.78 is 287. The molecular formula is C46H32N2. The van der Waals surface area contributed by atoms with Gasteiger partial charge in [0.1, 0.15) is 0 Å². The maximum absolute atomic E-state index is 10.2. The highest BCUT2D eigenvalue weighted by Crippen LogP contribution is 2.41. The Bertz CT molecular complexity index is 4110. The summed E-state index contributed by atoms with van der Waals surface area (Å²) in [7, 11) is 0. The van der Waals surface area contributed by atoms with Crippen LogP contribution in [0.1, 0.15) is 43.9 Å². The van der Waals surface area contributed by atoms with Gasteiger partial charge in [0.05, 0.1) is 54.9 Å². The van der Waals surface area contributed by atoms with Crippen molar-refractivity contribution >= 4 is 49.6 Å². The van der Waals surface area contributed by atoms with Gasteiger partial charge in [-0.05, 0) is 82.0 Å². The van der Waals surface area contributed by atoms with Gasteiger partial charge in [0.25, 0.3) is 0 Å². The second kappa shape index (κ2) is 11.8. The summed E-state index contributed by atoms with van der Waals surface area (Å²) >= 11 is 0. The normalized spacial score (nSPS) is 20.7. The van der Waals surface area contributed by atoms with Crippen molar-refractivity contribution in [2.24, 2.45) is 0 Å². The molecule has 0 bridgehead atoms. The molecule has 9 aromatic rings. The van der Waals surface area contributed by atoms with Crippen LogP contribution >= 0.6 is 0 Å². The van der Waals surface area contributed by atoms with E-state index < -0.39 is 271 Å². The molecule has 1 heterocycles. The molecule has 0 N–H and O–H groups in total. The third-order valence-electron chi connectivity index (χ3n) is 7.06. The van der Waals surface area contributed by atoms with Crippen molar-refractivity contribution in [1.82, 2.24) is 4.57 Å². The first-order valence-electron chi connectivity index (χ1n) is 29.8. The number of para-hydroxylation sites is 2. The third kappa shape index (κ3) is 4.83. The molecule has 0 atom stereocenters. The van der Waals surface area contributed by atoms with Crippen LogP contribution in [0.3, 0.4) is 0 Å². The number of anilines is 3. The van der Waals surface area contributed by atoms with E-state index in [1.807, 2.05) is 0 Å². The standard InChI is InChI=1S/C46H32N2/c1-4-12-33(13-5-1)35-20-26-39(27-21-35)47(40-28-22-36(23-29-40)34-14-6-2-7-15-34)41-30-24-37-25-31-43-42-18-10-11-19-45(42)48(46(43)44(37)32-41)38-16-8-3-9-17-38/h1-32H/i1D,2D,3D,4D,5D,6D,7D,8D,9D,10D,11D,12D,13D,14D,15D,16D,17D,18D,19D,20D,21D,22D,23D,24D,25D,26D,27D,28D,29D,30D,31D,32D. The summed E-state index contributed by atoms with van der Waals surface area (Å²) in [6.07, 6.45) is 0. The fraction of sp³-hybridized carbons (Fsp3) is 0. The molecule has 2 nitrogen and oxygen atoms in total. The van der Waals surface area contributed by atoms with E-state index in [9.17, 15) is 17.8 Å². The van der Waals surface area contributed by atoms with Crippen molar-refractivity contribution in [3.63, 3.8) is 0 Å². The number of benzene rings is 8. The van der Waals surface area contributed by atoms with Gasteiger partial charge in [-0.15, -0.1) is 0 Å². The zero-order valence-corrected chi connectivity index (χ0v) is 23.9. The highest BCUT2D eigenvalue weighted by Gasteiger charge is 2.18. The first-order valence-corrected chi connectivity index (χ1v) is 13.8. The zero-order valence-electron chi connectivity index (χ0n) is 55.9. The second-order valence-electron chi connectivity index (χ2n) is 9.76. The predicted octanol–water partition coefficient (Wildman–Crippen LogP) is 12.7. The van der Waals surface area contributed by atoms with E-state index in [0.29, 0.717) is 9.47 Å². The van der Waals surface area contributed by atoms with Crippen LogP contribution in [-0.4, -0.2) is 4.57 Å². The Balaban J connectivity index is 1.58. The fourth-order valence-corrected chi connectivity index (χ4v) is 5.01. The lowest BCUT2D eigenvalue weighted by molar-refractivity contribution is 1.19. The molecule has 0 aliphatic rings. The van der Waals surface area contributed by atoms with E-state index in [1.165, 1.54) is 0 Å². The van der Waals surface area contributed by atoms with Gasteiger partial charge in [0, 0.05) is 38.9 Å². The average Bonchev–Trinajstić information content (AvgIpc) is 3.98. The quantitative estimate of drug-likeness (QED) is 0.175. The summed E-state index contributed by atoms with van der Waals surface area (Å²) in [5.74, 6) is 0. The van der Waals surface area contributed by atoms with Crippen LogP contribution in [0.25, 0.3) is 60.5 Å². The summed E-state index contributed by atoms with van der Waals surface area (Å²) in [6.45, 7) is 0. The molecule has 0 saturated heterocycles. The Hall–Kier alpha value is -6.38. The largest absolute Gasteiger partial charge is 0.310 e. The van der Waals surface area contributed by atoms with Gasteiger partial charge in [0.2, 0.25) is 0 Å². The number of aromatic nitrogens is 1. The molecule has 0 amide bonds. The zero-order chi connectivity index (χ0) is 59.7. The van der Waals surface area contributed by atoms with Gasteiger partial charge in [-0.25, -0.2) is 0 Å². The molecule has 0 aliphatic heterocycles. The molecule has 0 saturated carbocycles. The van der Waals surface area contributed by atoms with Gasteiger partial charge >= 0.3 is 0 Å². The molecule has 48 heavy (non-hydrogen) atoms. The van der Waals surface area contributed by atoms with E-state index in [-0.39, 0.29) is 0 Å². The molecule has 9 rings (SSSR count). The topological polar surface area (TPSA) is 8.17 Å². The van der Waals surface area contributed by atoms with Gasteiger partial charge in [-0.2, -0.15) is 0 Å². The van der Waals surface area contributed by atoms with Crippen molar-refractivity contribution in [2.75, 3.05) is 4.90 Å². The molecule has 226 valence electrons. The van der Waals surface area contributed by atoms with Gasteiger partial charge in [-0.1, -0.05) is 139 Å². The molecule has 0 unspecified atom stereocenters. The number of rotatable bonds is 6. The Morgan fingerprint density at radius 2 is 0.854 bits per heavy atom. The van der Waals surface area contributed by atoms with Crippen molar-refractivity contribution in [1.29, 1.82) is 0 Å². The minimum atomic E-state index is -1.31. The number of fused-ring (bicyclic) bond motifs is 5. The predicted molar refractivity (Wildman–Crippen MR) is 204 cm³/mol. The van der Waals surface area contributed by atoms with Gasteiger partial charge in [-0.3, -0.25) is 0 Å². The molecule has 2 heteroatoms. The number of hydrogen-bond donors (Lipinski definition) is 0. The minimum Gasteiger partial charge on any atom is -0.310 e. The Morgan fingerprint density at radius 3 is 1.46 bits per heavy atom. The van der Waals surface area contributed by atoms with E-state index in [2.05, 4.69) is 0 Å². The lowest BCUT2D eigenvalue weighted by atomic mass is 10.0. The second-order valence-corrected chi connectivity index (χ2v) is 9.76. The van der Waals surface area contributed by atoms with Crippen LogP contribution in [0.15, 0.2) is 193 Å². The van der Waals surface area contributed by atoms with Crippen LogP contribution in [0.2, 0.25) is 0 Å². The maximum Gasteiger partial charge on any atom is 0.0652 e. The van der Waals surface area contributed by atoms with Crippen molar-refractivity contribution in [2.45, 2.75) is 0 Å². The third-order valence-corrected chi connectivity index (χ3v) is 7.06. The number of nitrogens with zero attached hydrogens (tertiary/aromatic N) is 2. The van der Waals surface area contributed by atoms with E-state index in [4.69, 9.17) is 26.0 Å². The van der Waals surface area contributed by atoms with Crippen molar-refractivity contribution in [3.8, 4) is 27.9 Å². The Morgan fingerprint density at radius 1 is 0.375 bits per heavy atom. The van der Waals surface area contributed by atoms with Crippen LogP contribution in [0.5, 0.6) is 0 Å². The van der Waals surface area contributed by atoms with E-state index >= 15 is 0 Å². The maximum atomic E-state index is 10.2. The van der Waals surface area contributed by atoms with Crippen molar-refractivity contribution < 1.29 is 43.9 Å². The van der Waals surface area contributed by atoms with Gasteiger partial charge in [0.15, 0.2) is 0 Å². The smallest absolute Gasteiger partial charge is 0.0652 e. The first-order chi connectivity index (χ1) is 37.1. The highest BCUT2D eigenvalue weighted by molar-refractivity contribution is 6.19. The SMILES string of the molecule is [2H]c1c([2H])c([2H])c(-c2c([2H])c([2H])c(N(c3c([2H])c([2H])c(-c4c([2H])c([2H])c([2H])c([2H])c4[2H])c([2H])c3[2H])c3c([2H])c([2H])c4c([2H])c([2H])c5c6c([2H])c([2H])c([2H])c([2H])c6n(-c6c([2H])c([2H])c([2H])c([2H])c6[2H])c5c4c3[2H])c([2H])c2[2H])c([2H])c1[2H]. The van der Waals surface area contributed by atoms with Gasteiger partial charge < -0.3 is 9.47 Å². The summed E-state index contributed by atoms with van der Waals surface area (Å²) in [6, 6.07) is -34.2. The molecule has 0 aliphatic carbocycles. The molecule has 0 radical (unpaired) electrons. The van der Waals surface area contributed by atoms with E-state index in [0.717, 1.165) is 0 Å². The average molecular weight is 645 g/mol. The molecule has 0 fully saturated rings. The first kappa shape index (κ1) is 10.3. The molecule has 0 spiro atoms. The highest BCUT2D eigenvalue weighted by atomic mass is 15.1.